The highest BCUT2D eigenvalue weighted by atomic mass is 16.5. The van der Waals surface area contributed by atoms with Crippen LogP contribution in [0.5, 0.6) is 0 Å². The van der Waals surface area contributed by atoms with E-state index in [1.54, 1.807) is 11.9 Å². The third kappa shape index (κ3) is 8.59. The Labute approximate surface area is 116 Å². The Bertz CT molecular complexity index is 269. The van der Waals surface area contributed by atoms with Crippen molar-refractivity contribution in [2.24, 2.45) is 0 Å². The van der Waals surface area contributed by atoms with Crippen molar-refractivity contribution in [3.63, 3.8) is 0 Å². The normalized spacial score (nSPS) is 12.0. The molecule has 0 aliphatic rings. The molecule has 0 heterocycles. The van der Waals surface area contributed by atoms with Gasteiger partial charge in [-0.1, -0.05) is 6.42 Å². The summed E-state index contributed by atoms with van der Waals surface area (Å²) < 4.78 is 4.85. The Morgan fingerprint density at radius 3 is 2.47 bits per heavy atom. The van der Waals surface area contributed by atoms with Crippen LogP contribution < -0.4 is 5.32 Å². The molecule has 112 valence electrons. The van der Waals surface area contributed by atoms with Crippen LogP contribution in [-0.4, -0.2) is 49.6 Å². The van der Waals surface area contributed by atoms with Crippen LogP contribution in [-0.2, 0) is 14.3 Å². The topological polar surface area (TPSA) is 58.6 Å². The highest BCUT2D eigenvalue weighted by Gasteiger charge is 2.14. The quantitative estimate of drug-likeness (QED) is 0.484. The lowest BCUT2D eigenvalue weighted by Crippen LogP contribution is -2.43. The summed E-state index contributed by atoms with van der Waals surface area (Å²) in [5.41, 5.74) is 0. The van der Waals surface area contributed by atoms with Gasteiger partial charge in [0.25, 0.3) is 0 Å². The molecule has 0 rings (SSSR count). The molecule has 0 aromatic heterocycles. The molecular weight excluding hydrogens is 244 g/mol. The van der Waals surface area contributed by atoms with Crippen LogP contribution in [0.2, 0.25) is 0 Å². The largest absolute Gasteiger partial charge is 0.466 e. The molecular formula is C14H28N2O3. The summed E-state index contributed by atoms with van der Waals surface area (Å²) in [5.74, 6) is -0.00222. The second-order valence-corrected chi connectivity index (χ2v) is 4.64. The van der Waals surface area contributed by atoms with E-state index in [0.717, 1.165) is 32.4 Å². The van der Waals surface area contributed by atoms with Gasteiger partial charge in [0.05, 0.1) is 12.6 Å². The van der Waals surface area contributed by atoms with E-state index < -0.39 is 0 Å². The zero-order chi connectivity index (χ0) is 14.7. The summed E-state index contributed by atoms with van der Waals surface area (Å²) >= 11 is 0. The van der Waals surface area contributed by atoms with Crippen LogP contribution in [0.4, 0.5) is 0 Å². The molecule has 19 heavy (non-hydrogen) atoms. The third-order valence-electron chi connectivity index (χ3n) is 3.03. The summed E-state index contributed by atoms with van der Waals surface area (Å²) in [6.07, 6.45) is 3.27. The maximum Gasteiger partial charge on any atom is 0.305 e. The van der Waals surface area contributed by atoms with Gasteiger partial charge in [-0.25, -0.2) is 0 Å². The number of rotatable bonds is 10. The first-order valence-electron chi connectivity index (χ1n) is 7.16. The van der Waals surface area contributed by atoms with E-state index in [0.29, 0.717) is 13.0 Å². The third-order valence-corrected chi connectivity index (χ3v) is 3.03. The summed E-state index contributed by atoms with van der Waals surface area (Å²) in [7, 11) is 1.81. The van der Waals surface area contributed by atoms with Crippen molar-refractivity contribution in [3.05, 3.63) is 0 Å². The van der Waals surface area contributed by atoms with E-state index in [4.69, 9.17) is 4.74 Å². The number of likely N-dealkylation sites (N-methyl/N-ethyl adjacent to an activating group) is 1. The number of nitrogens with one attached hydrogen (secondary N) is 1. The molecule has 0 fully saturated rings. The molecule has 0 aliphatic carbocycles. The highest BCUT2D eigenvalue weighted by molar-refractivity contribution is 5.81. The van der Waals surface area contributed by atoms with E-state index in [2.05, 4.69) is 5.32 Å². The smallest absolute Gasteiger partial charge is 0.305 e. The minimum atomic E-state index is -0.144. The maximum atomic E-state index is 11.8. The van der Waals surface area contributed by atoms with Crippen LogP contribution in [0.15, 0.2) is 0 Å². The molecule has 1 amide bonds. The molecule has 0 aliphatic heterocycles. The Kier molecular flexibility index (Phi) is 10.2. The van der Waals surface area contributed by atoms with Crippen LogP contribution in [0.3, 0.4) is 0 Å². The molecule has 0 bridgehead atoms. The molecule has 5 heteroatoms. The van der Waals surface area contributed by atoms with Crippen molar-refractivity contribution in [1.82, 2.24) is 10.2 Å². The van der Waals surface area contributed by atoms with Gasteiger partial charge in [-0.05, 0) is 40.2 Å². The first-order valence-corrected chi connectivity index (χ1v) is 7.16. The van der Waals surface area contributed by atoms with Gasteiger partial charge in [0.2, 0.25) is 5.91 Å². The van der Waals surface area contributed by atoms with Gasteiger partial charge < -0.3 is 15.0 Å². The molecule has 0 aromatic rings. The van der Waals surface area contributed by atoms with Gasteiger partial charge in [-0.3, -0.25) is 9.59 Å². The fourth-order valence-corrected chi connectivity index (χ4v) is 1.70. The number of carbonyl (C=O) groups is 2. The average Bonchev–Trinajstić information content (AvgIpc) is 2.40. The van der Waals surface area contributed by atoms with Gasteiger partial charge in [-0.2, -0.15) is 0 Å². The van der Waals surface area contributed by atoms with Crippen molar-refractivity contribution in [2.45, 2.75) is 52.5 Å². The SMILES string of the molecule is CCOC(=O)CCCCCNC(C)C(=O)N(C)CC. The lowest BCUT2D eigenvalue weighted by Gasteiger charge is -2.20. The highest BCUT2D eigenvalue weighted by Crippen LogP contribution is 2.01. The van der Waals surface area contributed by atoms with E-state index in [9.17, 15) is 9.59 Å². The Morgan fingerprint density at radius 1 is 1.21 bits per heavy atom. The van der Waals surface area contributed by atoms with Crippen molar-refractivity contribution >= 4 is 11.9 Å². The monoisotopic (exact) mass is 272 g/mol. The van der Waals surface area contributed by atoms with Crippen LogP contribution in [0.25, 0.3) is 0 Å². The number of esters is 1. The van der Waals surface area contributed by atoms with Crippen LogP contribution in [0, 0.1) is 0 Å². The number of ether oxygens (including phenoxy) is 1. The predicted octanol–water partition coefficient (Wildman–Crippen LogP) is 1.57. The minimum absolute atomic E-state index is 0.119. The van der Waals surface area contributed by atoms with Gasteiger partial charge in [-0.15, -0.1) is 0 Å². The van der Waals surface area contributed by atoms with Gasteiger partial charge in [0.1, 0.15) is 0 Å². The summed E-state index contributed by atoms with van der Waals surface area (Å²) in [4.78, 5) is 24.6. The number of carbonyl (C=O) groups excluding carboxylic acids is 2. The van der Waals surface area contributed by atoms with Crippen LogP contribution >= 0.6 is 0 Å². The number of hydrogen-bond donors (Lipinski definition) is 1. The lowest BCUT2D eigenvalue weighted by molar-refractivity contribution is -0.143. The first kappa shape index (κ1) is 17.9. The van der Waals surface area contributed by atoms with Crippen molar-refractivity contribution in [3.8, 4) is 0 Å². The van der Waals surface area contributed by atoms with Crippen molar-refractivity contribution < 1.29 is 14.3 Å². The van der Waals surface area contributed by atoms with E-state index in [-0.39, 0.29) is 17.9 Å². The fourth-order valence-electron chi connectivity index (χ4n) is 1.70. The summed E-state index contributed by atoms with van der Waals surface area (Å²) in [6.45, 7) is 7.63. The second kappa shape index (κ2) is 10.8. The van der Waals surface area contributed by atoms with E-state index in [1.165, 1.54) is 0 Å². The molecule has 0 saturated carbocycles. The van der Waals surface area contributed by atoms with Crippen LogP contribution in [0.1, 0.15) is 46.5 Å². The lowest BCUT2D eigenvalue weighted by atomic mass is 10.2. The minimum Gasteiger partial charge on any atom is -0.466 e. The molecule has 0 spiro atoms. The van der Waals surface area contributed by atoms with Crippen molar-refractivity contribution in [2.75, 3.05) is 26.7 Å². The number of unbranched alkanes of at least 4 members (excludes halogenated alkanes) is 2. The summed E-state index contributed by atoms with van der Waals surface area (Å²) in [6, 6.07) is -0.144. The average molecular weight is 272 g/mol. The Morgan fingerprint density at radius 2 is 1.89 bits per heavy atom. The number of amides is 1. The number of nitrogens with zero attached hydrogens (tertiary/aromatic N) is 1. The van der Waals surface area contributed by atoms with E-state index in [1.807, 2.05) is 20.8 Å². The fraction of sp³-hybridized carbons (Fsp3) is 0.857. The first-order chi connectivity index (χ1) is 9.02. The van der Waals surface area contributed by atoms with Gasteiger partial charge >= 0.3 is 5.97 Å². The molecule has 5 nitrogen and oxygen atoms in total. The van der Waals surface area contributed by atoms with Gasteiger partial charge in [0, 0.05) is 20.0 Å². The molecule has 0 radical (unpaired) electrons. The number of hydrogen-bond acceptors (Lipinski definition) is 4. The zero-order valence-electron chi connectivity index (χ0n) is 12.7. The molecule has 1 atom stereocenters. The predicted molar refractivity (Wildman–Crippen MR) is 75.9 cm³/mol. The molecule has 0 aromatic carbocycles. The summed E-state index contributed by atoms with van der Waals surface area (Å²) in [5, 5.41) is 3.20. The molecule has 0 saturated heterocycles. The Hall–Kier alpha value is -1.10. The second-order valence-electron chi connectivity index (χ2n) is 4.64. The molecule has 1 unspecified atom stereocenters. The molecule has 1 N–H and O–H groups in total. The Balaban J connectivity index is 3.54. The van der Waals surface area contributed by atoms with Crippen molar-refractivity contribution in [1.29, 1.82) is 0 Å². The van der Waals surface area contributed by atoms with E-state index >= 15 is 0 Å². The van der Waals surface area contributed by atoms with Gasteiger partial charge in [0.15, 0.2) is 0 Å². The zero-order valence-corrected chi connectivity index (χ0v) is 12.7. The maximum absolute atomic E-state index is 11.8. The standard InChI is InChI=1S/C14H28N2O3/c1-5-16(4)14(18)12(3)15-11-9-7-8-10-13(17)19-6-2/h12,15H,5-11H2,1-4H3.